The molecular weight excluding hydrogens is 166 g/mol. The molecule has 2 N–H and O–H groups in total. The summed E-state index contributed by atoms with van der Waals surface area (Å²) < 4.78 is 0. The molecule has 0 unspecified atom stereocenters. The van der Waals surface area contributed by atoms with Gasteiger partial charge in [0.15, 0.2) is 12.1 Å². The molecule has 66 valence electrons. The molecule has 0 aliphatic carbocycles. The Morgan fingerprint density at radius 1 is 1.23 bits per heavy atom. The number of hydrogen-bond acceptors (Lipinski definition) is 3. The van der Waals surface area contributed by atoms with Crippen LogP contribution in [0.2, 0.25) is 0 Å². The lowest BCUT2D eigenvalue weighted by atomic mass is 10.1. The van der Waals surface area contributed by atoms with Crippen molar-refractivity contribution in [1.29, 1.82) is 0 Å². The Morgan fingerprint density at radius 3 is 2.31 bits per heavy atom. The summed E-state index contributed by atoms with van der Waals surface area (Å²) in [6.45, 7) is 0. The zero-order valence-corrected chi connectivity index (χ0v) is 6.94. The van der Waals surface area contributed by atoms with Crippen LogP contribution in [0.4, 0.5) is 0 Å². The van der Waals surface area contributed by atoms with Gasteiger partial charge >= 0.3 is 0 Å². The third-order valence-corrected chi connectivity index (χ3v) is 1.60. The smallest absolute Gasteiger partial charge is 0.197 e. The molecule has 0 saturated heterocycles. The van der Waals surface area contributed by atoms with E-state index in [2.05, 4.69) is 0 Å². The van der Waals surface area contributed by atoms with E-state index in [4.69, 9.17) is 5.73 Å². The number of nitrogens with two attached hydrogens (primary N) is 1. The van der Waals surface area contributed by atoms with E-state index in [9.17, 15) is 9.59 Å². The monoisotopic (exact) mass is 175 g/mol. The highest BCUT2D eigenvalue weighted by Gasteiger charge is 2.09. The molecule has 0 spiro atoms. The van der Waals surface area contributed by atoms with Gasteiger partial charge in [0.25, 0.3) is 0 Å². The van der Waals surface area contributed by atoms with Gasteiger partial charge in [-0.2, -0.15) is 0 Å². The third kappa shape index (κ3) is 2.02. The number of aldehydes is 1. The highest BCUT2D eigenvalue weighted by atomic mass is 16.1. The van der Waals surface area contributed by atoms with Gasteiger partial charge in [0, 0.05) is 11.8 Å². The number of benzene rings is 1. The van der Waals surface area contributed by atoms with Gasteiger partial charge in [-0.15, -0.1) is 0 Å². The fourth-order valence-corrected chi connectivity index (χ4v) is 0.925. The average molecular weight is 175 g/mol. The Hall–Kier alpha value is -1.90. The first-order valence-corrected chi connectivity index (χ1v) is 3.76. The van der Waals surface area contributed by atoms with Gasteiger partial charge in [0.2, 0.25) is 0 Å². The van der Waals surface area contributed by atoms with Crippen molar-refractivity contribution >= 4 is 12.1 Å². The molecule has 0 fully saturated rings. The highest BCUT2D eigenvalue weighted by Crippen LogP contribution is 2.04. The fourth-order valence-electron chi connectivity index (χ4n) is 0.925. The highest BCUT2D eigenvalue weighted by molar-refractivity contribution is 6.19. The second kappa shape index (κ2) is 4.21. The number of ketones is 1. The maximum absolute atomic E-state index is 11.4. The molecule has 0 saturated carbocycles. The van der Waals surface area contributed by atoms with E-state index in [1.165, 1.54) is 0 Å². The average Bonchev–Trinajstić information content (AvgIpc) is 2.21. The lowest BCUT2D eigenvalue weighted by Crippen LogP contribution is -2.06. The zero-order valence-electron chi connectivity index (χ0n) is 6.94. The summed E-state index contributed by atoms with van der Waals surface area (Å²) in [5.74, 6) is -0.349. The van der Waals surface area contributed by atoms with Crippen molar-refractivity contribution in [2.24, 2.45) is 5.73 Å². The minimum atomic E-state index is -0.349. The predicted molar refractivity (Wildman–Crippen MR) is 49.1 cm³/mol. The first-order valence-electron chi connectivity index (χ1n) is 3.76. The Morgan fingerprint density at radius 2 is 1.85 bits per heavy atom. The second-order valence-corrected chi connectivity index (χ2v) is 2.44. The second-order valence-electron chi connectivity index (χ2n) is 2.44. The van der Waals surface area contributed by atoms with E-state index >= 15 is 0 Å². The Bertz CT molecular complexity index is 341. The van der Waals surface area contributed by atoms with Crippen molar-refractivity contribution in [3.8, 4) is 0 Å². The van der Waals surface area contributed by atoms with Crippen LogP contribution in [0.15, 0.2) is 42.1 Å². The van der Waals surface area contributed by atoms with E-state index in [-0.39, 0.29) is 11.4 Å². The largest absolute Gasteiger partial charge is 0.404 e. The van der Waals surface area contributed by atoms with Gasteiger partial charge in [0.05, 0.1) is 5.57 Å². The molecule has 0 aliphatic rings. The van der Waals surface area contributed by atoms with Crippen molar-refractivity contribution in [3.05, 3.63) is 47.7 Å². The van der Waals surface area contributed by atoms with E-state index < -0.39 is 0 Å². The standard InChI is InChI=1S/C10H9NO2/c11-6-9(7-12)10(13)8-4-2-1-3-5-8/h1-7H,11H2. The molecule has 13 heavy (non-hydrogen) atoms. The van der Waals surface area contributed by atoms with E-state index in [0.717, 1.165) is 6.20 Å². The Kier molecular flexibility index (Phi) is 2.97. The fraction of sp³-hybridized carbons (Fsp3) is 0. The van der Waals surface area contributed by atoms with Crippen LogP contribution in [0, 0.1) is 0 Å². The van der Waals surface area contributed by atoms with Crippen LogP contribution in [-0.2, 0) is 4.79 Å². The minimum Gasteiger partial charge on any atom is -0.404 e. The molecule has 1 aromatic rings. The van der Waals surface area contributed by atoms with Gasteiger partial charge in [0.1, 0.15) is 0 Å². The van der Waals surface area contributed by atoms with Crippen LogP contribution in [-0.4, -0.2) is 12.1 Å². The van der Waals surface area contributed by atoms with Crippen molar-refractivity contribution in [2.45, 2.75) is 0 Å². The maximum atomic E-state index is 11.4. The summed E-state index contributed by atoms with van der Waals surface area (Å²) in [7, 11) is 0. The maximum Gasteiger partial charge on any atom is 0.197 e. The SMILES string of the molecule is NC=C(C=O)C(=O)c1ccccc1. The summed E-state index contributed by atoms with van der Waals surface area (Å²) >= 11 is 0. The van der Waals surface area contributed by atoms with Gasteiger partial charge in [-0.25, -0.2) is 0 Å². The van der Waals surface area contributed by atoms with Crippen LogP contribution < -0.4 is 5.73 Å². The van der Waals surface area contributed by atoms with Crippen LogP contribution in [0.3, 0.4) is 0 Å². The normalized spacial score (nSPS) is 10.9. The van der Waals surface area contributed by atoms with E-state index in [1.807, 2.05) is 0 Å². The quantitative estimate of drug-likeness (QED) is 0.244. The number of carbonyl (C=O) groups excluding carboxylic acids is 2. The van der Waals surface area contributed by atoms with E-state index in [1.54, 1.807) is 30.3 Å². The lowest BCUT2D eigenvalue weighted by Gasteiger charge is -1.97. The molecule has 0 aliphatic heterocycles. The Balaban J connectivity index is 2.98. The first-order chi connectivity index (χ1) is 6.29. The number of carbonyl (C=O) groups is 2. The van der Waals surface area contributed by atoms with Crippen LogP contribution in [0.25, 0.3) is 0 Å². The van der Waals surface area contributed by atoms with Gasteiger partial charge in [-0.05, 0) is 0 Å². The summed E-state index contributed by atoms with van der Waals surface area (Å²) in [6, 6.07) is 8.52. The molecule has 0 aromatic heterocycles. The van der Waals surface area contributed by atoms with Crippen LogP contribution in [0.5, 0.6) is 0 Å². The van der Waals surface area contributed by atoms with Gasteiger partial charge in [-0.1, -0.05) is 30.3 Å². The van der Waals surface area contributed by atoms with Crippen molar-refractivity contribution in [1.82, 2.24) is 0 Å². The molecule has 1 rings (SSSR count). The molecule has 0 bridgehead atoms. The van der Waals surface area contributed by atoms with E-state index in [0.29, 0.717) is 11.8 Å². The molecule has 0 amide bonds. The van der Waals surface area contributed by atoms with Crippen LogP contribution >= 0.6 is 0 Å². The Labute approximate surface area is 75.9 Å². The minimum absolute atomic E-state index is 0.0220. The van der Waals surface area contributed by atoms with Crippen molar-refractivity contribution < 1.29 is 9.59 Å². The number of hydrogen-bond donors (Lipinski definition) is 1. The van der Waals surface area contributed by atoms with Crippen molar-refractivity contribution in [3.63, 3.8) is 0 Å². The predicted octanol–water partition coefficient (Wildman–Crippen LogP) is 0.911. The molecule has 0 radical (unpaired) electrons. The molecule has 0 heterocycles. The van der Waals surface area contributed by atoms with Crippen molar-refractivity contribution in [2.75, 3.05) is 0 Å². The molecule has 0 atom stereocenters. The summed E-state index contributed by atoms with van der Waals surface area (Å²) in [4.78, 5) is 21.8. The molecular formula is C10H9NO2. The van der Waals surface area contributed by atoms with Crippen LogP contribution in [0.1, 0.15) is 10.4 Å². The summed E-state index contributed by atoms with van der Waals surface area (Å²) in [5.41, 5.74) is 5.55. The summed E-state index contributed by atoms with van der Waals surface area (Å²) in [5, 5.41) is 0. The lowest BCUT2D eigenvalue weighted by molar-refractivity contribution is -0.104. The number of allylic oxidation sites excluding steroid dienone is 1. The first kappa shape index (κ1) is 9.19. The topological polar surface area (TPSA) is 60.2 Å². The molecule has 1 aromatic carbocycles. The summed E-state index contributed by atoms with van der Waals surface area (Å²) in [6.07, 6.45) is 1.47. The number of Topliss-reactive ketones (excluding diaryl/α,β-unsaturated/α-hetero) is 1. The molecule has 3 heteroatoms. The molecule has 3 nitrogen and oxygen atoms in total. The van der Waals surface area contributed by atoms with Gasteiger partial charge < -0.3 is 5.73 Å². The third-order valence-electron chi connectivity index (χ3n) is 1.60. The zero-order chi connectivity index (χ0) is 9.68. The number of rotatable bonds is 3. The van der Waals surface area contributed by atoms with Gasteiger partial charge in [-0.3, -0.25) is 9.59 Å².